The smallest absolute Gasteiger partial charge is 0.129 e. The molecule has 0 amide bonds. The van der Waals surface area contributed by atoms with Gasteiger partial charge in [0.25, 0.3) is 0 Å². The lowest BCUT2D eigenvalue weighted by Gasteiger charge is -2.13. The molecule has 96 valence electrons. The van der Waals surface area contributed by atoms with Gasteiger partial charge in [-0.25, -0.2) is 4.98 Å². The highest BCUT2D eigenvalue weighted by molar-refractivity contribution is 9.10. The molecule has 0 fully saturated rings. The summed E-state index contributed by atoms with van der Waals surface area (Å²) in [5, 5.41) is 5.11. The molecular formula is C14H16BrClN2. The standard InChI is InChI=1S/C14H16BrClN2/c1-4-9-7-10-12(16)8(3)6-11(15)13(10)18-14(9)17-5-2/h6-7H,4-5H2,1-3H3,(H,17,18). The number of fused-ring (bicyclic) bond motifs is 1. The molecule has 0 bridgehead atoms. The topological polar surface area (TPSA) is 24.9 Å². The summed E-state index contributed by atoms with van der Waals surface area (Å²) in [6.45, 7) is 7.07. The molecule has 18 heavy (non-hydrogen) atoms. The Morgan fingerprint density at radius 3 is 2.67 bits per heavy atom. The first kappa shape index (κ1) is 13.6. The molecule has 0 radical (unpaired) electrons. The van der Waals surface area contributed by atoms with E-state index < -0.39 is 0 Å². The molecule has 1 heterocycles. The van der Waals surface area contributed by atoms with Crippen molar-refractivity contribution in [1.29, 1.82) is 0 Å². The Labute approximate surface area is 121 Å². The van der Waals surface area contributed by atoms with E-state index in [0.29, 0.717) is 0 Å². The van der Waals surface area contributed by atoms with E-state index in [4.69, 9.17) is 16.6 Å². The molecule has 0 unspecified atom stereocenters. The van der Waals surface area contributed by atoms with Crippen molar-refractivity contribution in [2.24, 2.45) is 0 Å². The highest BCUT2D eigenvalue weighted by atomic mass is 79.9. The number of hydrogen-bond acceptors (Lipinski definition) is 2. The number of aryl methyl sites for hydroxylation is 2. The molecule has 0 saturated heterocycles. The molecule has 1 N–H and O–H groups in total. The van der Waals surface area contributed by atoms with Crippen molar-refractivity contribution in [3.05, 3.63) is 32.8 Å². The first-order valence-corrected chi connectivity index (χ1v) is 7.27. The third kappa shape index (κ3) is 2.34. The highest BCUT2D eigenvalue weighted by Gasteiger charge is 2.12. The van der Waals surface area contributed by atoms with E-state index >= 15 is 0 Å². The van der Waals surface area contributed by atoms with Gasteiger partial charge in [0.05, 0.1) is 10.5 Å². The Balaban J connectivity index is 2.78. The van der Waals surface area contributed by atoms with Gasteiger partial charge >= 0.3 is 0 Å². The normalized spacial score (nSPS) is 10.9. The van der Waals surface area contributed by atoms with E-state index in [2.05, 4.69) is 41.2 Å². The van der Waals surface area contributed by atoms with E-state index in [-0.39, 0.29) is 0 Å². The van der Waals surface area contributed by atoms with E-state index in [0.717, 1.165) is 44.7 Å². The van der Waals surface area contributed by atoms with Crippen LogP contribution in [0.25, 0.3) is 10.9 Å². The lowest BCUT2D eigenvalue weighted by Crippen LogP contribution is -2.03. The second-order valence-electron chi connectivity index (χ2n) is 4.27. The minimum Gasteiger partial charge on any atom is -0.370 e. The van der Waals surface area contributed by atoms with Gasteiger partial charge in [-0.15, -0.1) is 0 Å². The quantitative estimate of drug-likeness (QED) is 0.862. The van der Waals surface area contributed by atoms with E-state index in [1.165, 1.54) is 5.56 Å². The third-order valence-corrected chi connectivity index (χ3v) is 4.08. The molecule has 0 saturated carbocycles. The van der Waals surface area contributed by atoms with Gasteiger partial charge in [-0.2, -0.15) is 0 Å². The van der Waals surface area contributed by atoms with E-state index in [1.807, 2.05) is 13.0 Å². The van der Waals surface area contributed by atoms with Gasteiger partial charge in [0.2, 0.25) is 0 Å². The zero-order valence-corrected chi connectivity index (χ0v) is 13.1. The fourth-order valence-electron chi connectivity index (χ4n) is 2.03. The first-order valence-electron chi connectivity index (χ1n) is 6.10. The SMILES string of the molecule is CCNc1nc2c(Br)cc(C)c(Cl)c2cc1CC. The van der Waals surface area contributed by atoms with Crippen LogP contribution >= 0.6 is 27.5 Å². The first-order chi connectivity index (χ1) is 8.58. The minimum absolute atomic E-state index is 0.790. The van der Waals surface area contributed by atoms with Crippen LogP contribution < -0.4 is 5.32 Å². The van der Waals surface area contributed by atoms with Gasteiger partial charge < -0.3 is 5.32 Å². The monoisotopic (exact) mass is 326 g/mol. The van der Waals surface area contributed by atoms with Crippen LogP contribution in [-0.4, -0.2) is 11.5 Å². The summed E-state index contributed by atoms with van der Waals surface area (Å²) in [7, 11) is 0. The molecule has 2 rings (SSSR count). The summed E-state index contributed by atoms with van der Waals surface area (Å²) in [5.41, 5.74) is 3.18. The Morgan fingerprint density at radius 1 is 1.33 bits per heavy atom. The van der Waals surface area contributed by atoms with Gasteiger partial charge in [-0.3, -0.25) is 0 Å². The Kier molecular flexibility index (Phi) is 4.13. The number of anilines is 1. The minimum atomic E-state index is 0.790. The molecular weight excluding hydrogens is 312 g/mol. The average molecular weight is 328 g/mol. The molecule has 4 heteroatoms. The number of aromatic nitrogens is 1. The van der Waals surface area contributed by atoms with Crippen molar-refractivity contribution in [2.75, 3.05) is 11.9 Å². The Bertz CT molecular complexity index is 596. The van der Waals surface area contributed by atoms with Crippen LogP contribution in [0.15, 0.2) is 16.6 Å². The maximum absolute atomic E-state index is 6.38. The van der Waals surface area contributed by atoms with Crippen LogP contribution in [0.2, 0.25) is 5.02 Å². The number of hydrogen-bond donors (Lipinski definition) is 1. The molecule has 2 aromatic rings. The summed E-state index contributed by atoms with van der Waals surface area (Å²) < 4.78 is 0.987. The van der Waals surface area contributed by atoms with Gasteiger partial charge in [0, 0.05) is 16.4 Å². The number of pyridine rings is 1. The van der Waals surface area contributed by atoms with Gasteiger partial charge in [0.15, 0.2) is 0 Å². The van der Waals surface area contributed by atoms with Crippen molar-refractivity contribution in [1.82, 2.24) is 4.98 Å². The van der Waals surface area contributed by atoms with Gasteiger partial charge in [-0.05, 0) is 59.5 Å². The lowest BCUT2D eigenvalue weighted by molar-refractivity contribution is 1.08. The summed E-state index contributed by atoms with van der Waals surface area (Å²) in [6.07, 6.45) is 0.938. The fraction of sp³-hybridized carbons (Fsp3) is 0.357. The number of nitrogens with one attached hydrogen (secondary N) is 1. The van der Waals surface area contributed by atoms with Crippen molar-refractivity contribution in [3.8, 4) is 0 Å². The number of rotatable bonds is 3. The molecule has 0 atom stereocenters. The Morgan fingerprint density at radius 2 is 2.06 bits per heavy atom. The summed E-state index contributed by atoms with van der Waals surface area (Å²) >= 11 is 9.94. The zero-order valence-electron chi connectivity index (χ0n) is 10.8. The van der Waals surface area contributed by atoms with Gasteiger partial charge in [-0.1, -0.05) is 18.5 Å². The fourth-order valence-corrected chi connectivity index (χ4v) is 2.87. The molecule has 1 aromatic heterocycles. The highest BCUT2D eigenvalue weighted by Crippen LogP contribution is 2.34. The number of benzene rings is 1. The van der Waals surface area contributed by atoms with E-state index in [9.17, 15) is 0 Å². The lowest BCUT2D eigenvalue weighted by atomic mass is 10.1. The average Bonchev–Trinajstić information content (AvgIpc) is 2.36. The molecule has 0 aliphatic carbocycles. The van der Waals surface area contributed by atoms with Crippen LogP contribution in [0.1, 0.15) is 25.0 Å². The Hall–Kier alpha value is -0.800. The largest absolute Gasteiger partial charge is 0.370 e. The van der Waals surface area contributed by atoms with E-state index in [1.54, 1.807) is 0 Å². The maximum Gasteiger partial charge on any atom is 0.129 e. The van der Waals surface area contributed by atoms with Crippen molar-refractivity contribution in [2.45, 2.75) is 27.2 Å². The predicted octanol–water partition coefficient (Wildman–Crippen LogP) is 4.95. The number of halogens is 2. The molecule has 1 aromatic carbocycles. The molecule has 0 spiro atoms. The van der Waals surface area contributed by atoms with Crippen molar-refractivity contribution >= 4 is 44.3 Å². The van der Waals surface area contributed by atoms with Crippen LogP contribution in [-0.2, 0) is 6.42 Å². The van der Waals surface area contributed by atoms with Crippen LogP contribution in [0, 0.1) is 6.92 Å². The van der Waals surface area contributed by atoms with Gasteiger partial charge in [0.1, 0.15) is 5.82 Å². The van der Waals surface area contributed by atoms with Crippen LogP contribution in [0.5, 0.6) is 0 Å². The second-order valence-corrected chi connectivity index (χ2v) is 5.50. The van der Waals surface area contributed by atoms with Crippen LogP contribution in [0.4, 0.5) is 5.82 Å². The summed E-state index contributed by atoms with van der Waals surface area (Å²) in [6, 6.07) is 4.15. The van der Waals surface area contributed by atoms with Crippen molar-refractivity contribution < 1.29 is 0 Å². The zero-order chi connectivity index (χ0) is 13.3. The molecule has 2 nitrogen and oxygen atoms in total. The predicted molar refractivity (Wildman–Crippen MR) is 82.7 cm³/mol. The third-order valence-electron chi connectivity index (χ3n) is 2.98. The van der Waals surface area contributed by atoms with Crippen molar-refractivity contribution in [3.63, 3.8) is 0 Å². The molecule has 0 aliphatic rings. The number of nitrogens with zero attached hydrogens (tertiary/aromatic N) is 1. The molecule has 0 aliphatic heterocycles. The summed E-state index contributed by atoms with van der Waals surface area (Å²) in [4.78, 5) is 4.69. The maximum atomic E-state index is 6.38. The summed E-state index contributed by atoms with van der Waals surface area (Å²) in [5.74, 6) is 0.952. The van der Waals surface area contributed by atoms with Crippen LogP contribution in [0.3, 0.4) is 0 Å². The second kappa shape index (κ2) is 5.45.